The highest BCUT2D eigenvalue weighted by atomic mass is 32.2. The monoisotopic (exact) mass is 487 g/mol. The van der Waals surface area contributed by atoms with E-state index in [0.29, 0.717) is 24.5 Å². The van der Waals surface area contributed by atoms with Crippen LogP contribution in [-0.4, -0.2) is 55.6 Å². The van der Waals surface area contributed by atoms with Gasteiger partial charge in [-0.2, -0.15) is 0 Å². The maximum atomic E-state index is 13.0. The predicted octanol–water partition coefficient (Wildman–Crippen LogP) is 3.80. The van der Waals surface area contributed by atoms with Crippen LogP contribution >= 0.6 is 11.8 Å². The maximum Gasteiger partial charge on any atom is 0.335 e. The number of rotatable bonds is 5. The highest BCUT2D eigenvalue weighted by molar-refractivity contribution is 8.18. The molecule has 0 aliphatic carbocycles. The quantitative estimate of drug-likeness (QED) is 0.550. The van der Waals surface area contributed by atoms with E-state index in [2.05, 4.69) is 0 Å². The molecule has 8 nitrogen and oxygen atoms in total. The minimum Gasteiger partial charge on any atom is -0.478 e. The lowest BCUT2D eigenvalue weighted by atomic mass is 10.00. The van der Waals surface area contributed by atoms with E-state index < -0.39 is 17.1 Å². The number of hydrogen-bond donors (Lipinski definition) is 1. The molecule has 1 saturated heterocycles. The Bertz CT molecular complexity index is 1390. The molecule has 2 aliphatic rings. The van der Waals surface area contributed by atoms with Gasteiger partial charge >= 0.3 is 5.97 Å². The largest absolute Gasteiger partial charge is 0.478 e. The summed E-state index contributed by atoms with van der Waals surface area (Å²) in [4.78, 5) is 52.7. The number of fused-ring (bicyclic) bond motifs is 1. The number of amides is 3. The average Bonchev–Trinajstić information content (AvgIpc) is 3.43. The van der Waals surface area contributed by atoms with Crippen LogP contribution in [-0.2, 0) is 22.6 Å². The molecule has 3 aromatic rings. The molecule has 2 aromatic carbocycles. The summed E-state index contributed by atoms with van der Waals surface area (Å²) in [5.74, 6) is -1.82. The number of imide groups is 1. The third kappa shape index (κ3) is 4.50. The summed E-state index contributed by atoms with van der Waals surface area (Å²) in [5, 5.41) is 8.78. The molecule has 9 heteroatoms. The lowest BCUT2D eigenvalue weighted by Gasteiger charge is -2.29. The van der Waals surface area contributed by atoms with Crippen molar-refractivity contribution in [2.75, 3.05) is 13.1 Å². The molecule has 1 fully saturated rings. The molecule has 0 bridgehead atoms. The highest BCUT2D eigenvalue weighted by Crippen LogP contribution is 2.33. The minimum absolute atomic E-state index is 0.140. The first-order valence-electron chi connectivity index (χ1n) is 11.0. The van der Waals surface area contributed by atoms with E-state index in [1.165, 1.54) is 17.7 Å². The van der Waals surface area contributed by atoms with Gasteiger partial charge in [0.05, 0.1) is 10.5 Å². The SMILES string of the molecule is O=C(O)c1cccc(-n2cccc2/C=C2\SC(=O)N(CC(=O)N3CCc4ccccc4C3)C2=O)c1. The number of benzene rings is 2. The van der Waals surface area contributed by atoms with Crippen LogP contribution in [0, 0.1) is 0 Å². The van der Waals surface area contributed by atoms with Gasteiger partial charge in [0.1, 0.15) is 6.54 Å². The summed E-state index contributed by atoms with van der Waals surface area (Å²) in [7, 11) is 0. The van der Waals surface area contributed by atoms with Gasteiger partial charge in [0.25, 0.3) is 11.1 Å². The van der Waals surface area contributed by atoms with Crippen molar-refractivity contribution in [2.45, 2.75) is 13.0 Å². The fourth-order valence-corrected chi connectivity index (χ4v) is 5.07. The van der Waals surface area contributed by atoms with Crippen LogP contribution in [0.4, 0.5) is 4.79 Å². The summed E-state index contributed by atoms with van der Waals surface area (Å²) in [5.41, 5.74) is 3.65. The molecular weight excluding hydrogens is 466 g/mol. The second-order valence-electron chi connectivity index (χ2n) is 8.26. The van der Waals surface area contributed by atoms with Crippen LogP contribution in [0.25, 0.3) is 11.8 Å². The third-order valence-corrected chi connectivity index (χ3v) is 6.99. The Kier molecular flexibility index (Phi) is 6.00. The van der Waals surface area contributed by atoms with Crippen molar-refractivity contribution in [3.8, 4) is 5.69 Å². The number of aromatic nitrogens is 1. The van der Waals surface area contributed by atoms with Crippen molar-refractivity contribution in [3.05, 3.63) is 94.1 Å². The molecule has 5 rings (SSSR count). The van der Waals surface area contributed by atoms with Crippen LogP contribution in [0.3, 0.4) is 0 Å². The molecule has 1 aromatic heterocycles. The molecule has 3 amide bonds. The number of carboxylic acid groups (broad SMARTS) is 1. The van der Waals surface area contributed by atoms with Gasteiger partial charge in [-0.3, -0.25) is 19.3 Å². The van der Waals surface area contributed by atoms with Gasteiger partial charge < -0.3 is 14.6 Å². The van der Waals surface area contributed by atoms with Gasteiger partial charge in [-0.05, 0) is 65.7 Å². The van der Waals surface area contributed by atoms with Crippen LogP contribution in [0.1, 0.15) is 27.2 Å². The summed E-state index contributed by atoms with van der Waals surface area (Å²) in [6.07, 6.45) is 4.07. The Morgan fingerprint density at radius 1 is 1.00 bits per heavy atom. The van der Waals surface area contributed by atoms with Crippen molar-refractivity contribution in [2.24, 2.45) is 0 Å². The van der Waals surface area contributed by atoms with Gasteiger partial charge in [-0.15, -0.1) is 0 Å². The number of thioether (sulfide) groups is 1. The molecule has 3 heterocycles. The van der Waals surface area contributed by atoms with Gasteiger partial charge in [-0.25, -0.2) is 4.79 Å². The maximum absolute atomic E-state index is 13.0. The van der Waals surface area contributed by atoms with E-state index in [-0.39, 0.29) is 22.9 Å². The Labute approximate surface area is 205 Å². The van der Waals surface area contributed by atoms with Crippen LogP contribution < -0.4 is 0 Å². The lowest BCUT2D eigenvalue weighted by Crippen LogP contribution is -2.44. The van der Waals surface area contributed by atoms with Crippen LogP contribution in [0.2, 0.25) is 0 Å². The molecule has 35 heavy (non-hydrogen) atoms. The number of nitrogens with zero attached hydrogens (tertiary/aromatic N) is 3. The minimum atomic E-state index is -1.04. The van der Waals surface area contributed by atoms with E-state index in [1.807, 2.05) is 24.3 Å². The first-order chi connectivity index (χ1) is 16.9. The Morgan fingerprint density at radius 3 is 2.60 bits per heavy atom. The first-order valence-corrected chi connectivity index (χ1v) is 11.8. The van der Waals surface area contributed by atoms with Crippen molar-refractivity contribution >= 4 is 40.9 Å². The molecule has 0 spiro atoms. The Morgan fingerprint density at radius 2 is 1.80 bits per heavy atom. The zero-order valence-corrected chi connectivity index (χ0v) is 19.4. The number of aromatic carboxylic acids is 1. The zero-order valence-electron chi connectivity index (χ0n) is 18.6. The summed E-state index contributed by atoms with van der Waals surface area (Å²) >= 11 is 0.790. The third-order valence-electron chi connectivity index (χ3n) is 6.08. The summed E-state index contributed by atoms with van der Waals surface area (Å²) < 4.78 is 1.73. The van der Waals surface area contributed by atoms with Crippen molar-refractivity contribution in [3.63, 3.8) is 0 Å². The number of carbonyl (C=O) groups excluding carboxylic acids is 3. The zero-order chi connectivity index (χ0) is 24.5. The summed E-state index contributed by atoms with van der Waals surface area (Å²) in [6.45, 7) is 0.709. The molecule has 0 radical (unpaired) electrons. The fraction of sp³-hybridized carbons (Fsp3) is 0.154. The molecule has 0 atom stereocenters. The normalized spacial score (nSPS) is 16.6. The van der Waals surface area contributed by atoms with Gasteiger partial charge in [-0.1, -0.05) is 30.3 Å². The standard InChI is InChI=1S/C26H21N3O5S/c30-23(27-12-10-17-5-1-2-6-19(17)15-27)16-29-24(31)22(35-26(29)34)14-21-9-4-11-28(21)20-8-3-7-18(13-20)25(32)33/h1-9,11,13-14H,10,12,15-16H2,(H,32,33)/b22-14-. The predicted molar refractivity (Wildman–Crippen MR) is 131 cm³/mol. The number of hydrogen-bond acceptors (Lipinski definition) is 5. The van der Waals surface area contributed by atoms with Crippen molar-refractivity contribution < 1.29 is 24.3 Å². The number of carbonyl (C=O) groups is 4. The van der Waals surface area contributed by atoms with Crippen LogP contribution in [0.5, 0.6) is 0 Å². The Balaban J connectivity index is 1.32. The second kappa shape index (κ2) is 9.27. The second-order valence-corrected chi connectivity index (χ2v) is 9.25. The molecule has 1 N–H and O–H groups in total. The van der Waals surface area contributed by atoms with Crippen molar-refractivity contribution in [1.82, 2.24) is 14.4 Å². The number of carboxylic acids is 1. The molecule has 176 valence electrons. The highest BCUT2D eigenvalue weighted by Gasteiger charge is 2.37. The van der Waals surface area contributed by atoms with E-state index in [9.17, 15) is 24.3 Å². The van der Waals surface area contributed by atoms with E-state index in [0.717, 1.165) is 28.6 Å². The van der Waals surface area contributed by atoms with E-state index in [1.54, 1.807) is 46.0 Å². The van der Waals surface area contributed by atoms with Gasteiger partial charge in [0.2, 0.25) is 5.91 Å². The molecular formula is C26H21N3O5S. The lowest BCUT2D eigenvalue weighted by molar-refractivity contribution is -0.136. The summed E-state index contributed by atoms with van der Waals surface area (Å²) in [6, 6.07) is 17.9. The smallest absolute Gasteiger partial charge is 0.335 e. The average molecular weight is 488 g/mol. The first kappa shape index (κ1) is 22.7. The van der Waals surface area contributed by atoms with Gasteiger partial charge in [0, 0.05) is 30.7 Å². The van der Waals surface area contributed by atoms with Crippen molar-refractivity contribution in [1.29, 1.82) is 0 Å². The van der Waals surface area contributed by atoms with Gasteiger partial charge in [0.15, 0.2) is 0 Å². The van der Waals surface area contributed by atoms with E-state index in [4.69, 9.17) is 0 Å². The van der Waals surface area contributed by atoms with E-state index >= 15 is 0 Å². The molecule has 2 aliphatic heterocycles. The molecule has 0 saturated carbocycles. The molecule has 0 unspecified atom stereocenters. The van der Waals surface area contributed by atoms with Crippen LogP contribution in [0.15, 0.2) is 71.8 Å². The fourth-order valence-electron chi connectivity index (χ4n) is 4.25. The Hall–Kier alpha value is -4.11. The topological polar surface area (TPSA) is 99.9 Å².